The number of carbonyl (C=O) groups excluding carboxylic acids is 1. The highest BCUT2D eigenvalue weighted by atomic mass is 16.3. The van der Waals surface area contributed by atoms with Crippen LogP contribution in [0.15, 0.2) is 52.9 Å². The van der Waals surface area contributed by atoms with Crippen molar-refractivity contribution in [3.63, 3.8) is 0 Å². The summed E-state index contributed by atoms with van der Waals surface area (Å²) in [5.74, 6) is 0.709. The number of aromatic nitrogens is 2. The Morgan fingerprint density at radius 1 is 1.12 bits per heavy atom. The first kappa shape index (κ1) is 16.4. The zero-order valence-electron chi connectivity index (χ0n) is 14.8. The molecule has 0 saturated carbocycles. The monoisotopic (exact) mass is 348 g/mol. The van der Waals surface area contributed by atoms with Gasteiger partial charge in [-0.25, -0.2) is 0 Å². The van der Waals surface area contributed by atoms with E-state index in [1.165, 1.54) is 0 Å². The van der Waals surface area contributed by atoms with Crippen LogP contribution in [0, 0.1) is 0 Å². The Labute approximate surface area is 151 Å². The van der Waals surface area contributed by atoms with Gasteiger partial charge in [0.05, 0.1) is 5.52 Å². The number of nitrogens with zero attached hydrogens (tertiary/aromatic N) is 3. The van der Waals surface area contributed by atoms with Crippen molar-refractivity contribution in [1.29, 1.82) is 0 Å². The first-order valence-corrected chi connectivity index (χ1v) is 8.49. The van der Waals surface area contributed by atoms with Gasteiger partial charge in [0.1, 0.15) is 11.3 Å². The lowest BCUT2D eigenvalue weighted by Crippen LogP contribution is -2.30. The summed E-state index contributed by atoms with van der Waals surface area (Å²) in [6.07, 6.45) is 0.867. The number of rotatable bonds is 6. The van der Waals surface area contributed by atoms with E-state index in [1.807, 2.05) is 67.5 Å². The van der Waals surface area contributed by atoms with Gasteiger partial charge in [-0.05, 0) is 44.4 Å². The summed E-state index contributed by atoms with van der Waals surface area (Å²) in [4.78, 5) is 15.3. The Kier molecular flexibility index (Phi) is 4.18. The molecule has 6 heteroatoms. The Bertz CT molecular complexity index is 1030. The molecule has 1 N–H and O–H groups in total. The lowest BCUT2D eigenvalue weighted by atomic mass is 10.1. The predicted octanol–water partition coefficient (Wildman–Crippen LogP) is 3.50. The van der Waals surface area contributed by atoms with Crippen molar-refractivity contribution < 1.29 is 9.21 Å². The van der Waals surface area contributed by atoms with Gasteiger partial charge < -0.3 is 14.2 Å². The van der Waals surface area contributed by atoms with Crippen LogP contribution in [0.1, 0.15) is 0 Å². The van der Waals surface area contributed by atoms with Gasteiger partial charge in [-0.15, -0.1) is 0 Å². The van der Waals surface area contributed by atoms with Crippen LogP contribution in [0.2, 0.25) is 0 Å². The van der Waals surface area contributed by atoms with E-state index in [9.17, 15) is 4.79 Å². The van der Waals surface area contributed by atoms with E-state index < -0.39 is 0 Å². The summed E-state index contributed by atoms with van der Waals surface area (Å²) in [7, 11) is 3.98. The lowest BCUT2D eigenvalue weighted by molar-refractivity contribution is -0.107. The second kappa shape index (κ2) is 6.65. The minimum Gasteiger partial charge on any atom is -0.454 e. The minimum atomic E-state index is 0.625. The maximum Gasteiger partial charge on any atom is 0.214 e. The molecule has 0 radical (unpaired) electrons. The number of nitrogens with one attached hydrogen (secondary N) is 1. The van der Waals surface area contributed by atoms with Crippen molar-refractivity contribution in [2.24, 2.45) is 0 Å². The fraction of sp³-hybridized carbons (Fsp3) is 0.200. The molecule has 2 aromatic carbocycles. The third-order valence-electron chi connectivity index (χ3n) is 4.45. The molecule has 6 nitrogen and oxygen atoms in total. The Hall–Kier alpha value is -3.12. The van der Waals surface area contributed by atoms with Gasteiger partial charge in [-0.2, -0.15) is 5.10 Å². The molecule has 0 fully saturated rings. The van der Waals surface area contributed by atoms with Crippen molar-refractivity contribution in [3.05, 3.63) is 48.5 Å². The Morgan fingerprint density at radius 2 is 1.96 bits per heavy atom. The molecule has 0 bridgehead atoms. The number of fused-ring (bicyclic) bond motifs is 2. The van der Waals surface area contributed by atoms with Crippen LogP contribution >= 0.6 is 0 Å². The average molecular weight is 348 g/mol. The third kappa shape index (κ3) is 2.95. The standard InChI is InChI=1S/C20H20N4O2/c1-23(2)9-10-24(13-25)15-7-8-17-16(12-15)20(22-21-17)19-11-14-5-3-4-6-18(14)26-19/h3-8,11-13H,9-10H2,1-2H3,(H,21,22). The summed E-state index contributed by atoms with van der Waals surface area (Å²) in [6.45, 7) is 1.42. The van der Waals surface area contributed by atoms with Gasteiger partial charge in [0.15, 0.2) is 5.76 Å². The van der Waals surface area contributed by atoms with E-state index in [-0.39, 0.29) is 0 Å². The quantitative estimate of drug-likeness (QED) is 0.542. The number of hydrogen-bond acceptors (Lipinski definition) is 4. The number of H-pyrrole nitrogens is 1. The van der Waals surface area contributed by atoms with Crippen LogP contribution < -0.4 is 4.90 Å². The van der Waals surface area contributed by atoms with Crippen LogP contribution in [0.3, 0.4) is 0 Å². The van der Waals surface area contributed by atoms with E-state index in [0.29, 0.717) is 12.3 Å². The van der Waals surface area contributed by atoms with Gasteiger partial charge in [0, 0.05) is 29.5 Å². The Balaban J connectivity index is 1.75. The second-order valence-electron chi connectivity index (χ2n) is 6.55. The van der Waals surface area contributed by atoms with Gasteiger partial charge in [-0.3, -0.25) is 9.89 Å². The maximum atomic E-state index is 11.5. The van der Waals surface area contributed by atoms with Gasteiger partial charge >= 0.3 is 0 Å². The number of benzene rings is 2. The number of para-hydroxylation sites is 1. The molecule has 4 aromatic rings. The highest BCUT2D eigenvalue weighted by Crippen LogP contribution is 2.33. The van der Waals surface area contributed by atoms with Crippen LogP contribution in [0.5, 0.6) is 0 Å². The molecular formula is C20H20N4O2. The van der Waals surface area contributed by atoms with Crippen molar-refractivity contribution in [3.8, 4) is 11.5 Å². The number of likely N-dealkylation sites (N-methyl/N-ethyl adjacent to an activating group) is 1. The largest absolute Gasteiger partial charge is 0.454 e. The molecule has 0 aliphatic heterocycles. The highest BCUT2D eigenvalue weighted by molar-refractivity contribution is 5.97. The average Bonchev–Trinajstić information content (AvgIpc) is 3.25. The molecule has 132 valence electrons. The number of carbonyl (C=O) groups is 1. The summed E-state index contributed by atoms with van der Waals surface area (Å²) >= 11 is 0. The number of amides is 1. The third-order valence-corrected chi connectivity index (χ3v) is 4.45. The van der Waals surface area contributed by atoms with Gasteiger partial charge in [-0.1, -0.05) is 18.2 Å². The van der Waals surface area contributed by atoms with E-state index in [2.05, 4.69) is 10.2 Å². The fourth-order valence-electron chi connectivity index (χ4n) is 3.02. The molecule has 0 atom stereocenters. The zero-order chi connectivity index (χ0) is 18.1. The number of anilines is 1. The Morgan fingerprint density at radius 3 is 2.73 bits per heavy atom. The molecule has 2 aromatic heterocycles. The van der Waals surface area contributed by atoms with Gasteiger partial charge in [0.25, 0.3) is 0 Å². The molecule has 0 aliphatic carbocycles. The van der Waals surface area contributed by atoms with Crippen LogP contribution in [-0.4, -0.2) is 48.7 Å². The fourth-order valence-corrected chi connectivity index (χ4v) is 3.02. The SMILES string of the molecule is CN(C)CCN(C=O)c1ccc2[nH]nc(-c3cc4ccccc4o3)c2c1. The van der Waals surface area contributed by atoms with E-state index in [4.69, 9.17) is 4.42 Å². The first-order valence-electron chi connectivity index (χ1n) is 8.49. The highest BCUT2D eigenvalue weighted by Gasteiger charge is 2.15. The summed E-state index contributed by atoms with van der Waals surface area (Å²) in [5, 5.41) is 9.43. The van der Waals surface area contributed by atoms with Gasteiger partial charge in [0.2, 0.25) is 6.41 Å². The van der Waals surface area contributed by atoms with Crippen LogP contribution in [0.25, 0.3) is 33.3 Å². The normalized spacial score (nSPS) is 11.5. The van der Waals surface area contributed by atoms with Crippen molar-refractivity contribution in [2.75, 3.05) is 32.1 Å². The number of hydrogen-bond donors (Lipinski definition) is 1. The van der Waals surface area contributed by atoms with E-state index in [1.54, 1.807) is 4.90 Å². The molecule has 2 heterocycles. The topological polar surface area (TPSA) is 65.4 Å². The minimum absolute atomic E-state index is 0.625. The smallest absolute Gasteiger partial charge is 0.214 e. The van der Waals surface area contributed by atoms with E-state index >= 15 is 0 Å². The van der Waals surface area contributed by atoms with Crippen molar-refractivity contribution in [2.45, 2.75) is 0 Å². The zero-order valence-corrected chi connectivity index (χ0v) is 14.8. The lowest BCUT2D eigenvalue weighted by Gasteiger charge is -2.20. The molecule has 26 heavy (non-hydrogen) atoms. The molecule has 0 aliphatic rings. The maximum absolute atomic E-state index is 11.5. The van der Waals surface area contributed by atoms with Crippen molar-refractivity contribution in [1.82, 2.24) is 15.1 Å². The first-order chi connectivity index (χ1) is 12.7. The molecule has 0 spiro atoms. The molecule has 4 rings (SSSR count). The predicted molar refractivity (Wildman–Crippen MR) is 103 cm³/mol. The summed E-state index contributed by atoms with van der Waals surface area (Å²) in [6, 6.07) is 15.7. The molecule has 0 unspecified atom stereocenters. The molecule has 1 amide bonds. The molecular weight excluding hydrogens is 328 g/mol. The summed E-state index contributed by atoms with van der Waals surface area (Å²) < 4.78 is 5.95. The van der Waals surface area contributed by atoms with Crippen LogP contribution in [-0.2, 0) is 4.79 Å². The number of aromatic amines is 1. The summed E-state index contributed by atoms with van der Waals surface area (Å²) in [5.41, 5.74) is 3.32. The second-order valence-corrected chi connectivity index (χ2v) is 6.55. The number of furan rings is 1. The van der Waals surface area contributed by atoms with Crippen LogP contribution in [0.4, 0.5) is 5.69 Å². The van der Waals surface area contributed by atoms with E-state index in [0.717, 1.165) is 46.2 Å². The molecule has 0 saturated heterocycles. The van der Waals surface area contributed by atoms with Crippen molar-refractivity contribution >= 4 is 34.0 Å².